The van der Waals surface area contributed by atoms with E-state index in [2.05, 4.69) is 15.1 Å². The number of nitrogens with two attached hydrogens (primary N) is 1. The number of aryl methyl sites for hydroxylation is 1. The molecule has 5 nitrogen and oxygen atoms in total. The maximum Gasteiger partial charge on any atom is 0.223 e. The van der Waals surface area contributed by atoms with Gasteiger partial charge < -0.3 is 5.73 Å². The van der Waals surface area contributed by atoms with Gasteiger partial charge in [-0.1, -0.05) is 0 Å². The molecular formula is C8H9N5. The van der Waals surface area contributed by atoms with E-state index in [0.717, 1.165) is 5.69 Å². The number of anilines is 1. The number of nitrogens with zero attached hydrogens (tertiary/aromatic N) is 4. The highest BCUT2D eigenvalue weighted by Gasteiger charge is 2.03. The van der Waals surface area contributed by atoms with Gasteiger partial charge in [-0.2, -0.15) is 9.67 Å². The molecule has 0 saturated heterocycles. The Morgan fingerprint density at radius 3 is 2.54 bits per heavy atom. The van der Waals surface area contributed by atoms with E-state index in [9.17, 15) is 0 Å². The molecule has 2 heterocycles. The molecule has 0 aliphatic heterocycles. The highest BCUT2D eigenvalue weighted by molar-refractivity contribution is 5.35. The minimum absolute atomic E-state index is 0.392. The van der Waals surface area contributed by atoms with Crippen molar-refractivity contribution >= 4 is 5.95 Å². The van der Waals surface area contributed by atoms with E-state index >= 15 is 0 Å². The van der Waals surface area contributed by atoms with Crippen LogP contribution in [0.15, 0.2) is 24.5 Å². The van der Waals surface area contributed by atoms with Gasteiger partial charge in [-0.15, -0.1) is 5.10 Å². The van der Waals surface area contributed by atoms with Crippen LogP contribution < -0.4 is 5.73 Å². The summed E-state index contributed by atoms with van der Waals surface area (Å²) in [4.78, 5) is 7.90. The van der Waals surface area contributed by atoms with E-state index in [1.54, 1.807) is 24.0 Å². The van der Waals surface area contributed by atoms with E-state index in [-0.39, 0.29) is 0 Å². The largest absolute Gasteiger partial charge is 0.368 e. The molecular weight excluding hydrogens is 166 g/mol. The van der Waals surface area contributed by atoms with Gasteiger partial charge in [-0.3, -0.25) is 4.98 Å². The average molecular weight is 175 g/mol. The van der Waals surface area contributed by atoms with Gasteiger partial charge in [0.25, 0.3) is 0 Å². The van der Waals surface area contributed by atoms with Crippen LogP contribution in [0.1, 0.15) is 5.82 Å². The fourth-order valence-corrected chi connectivity index (χ4v) is 1.11. The standard InChI is InChI=1S/C8H9N5/c1-6-11-8(9)13(12-6)7-2-4-10-5-3-7/h2-5H,1H3,(H2,9,11,12). The summed E-state index contributed by atoms with van der Waals surface area (Å²) in [6, 6.07) is 3.65. The van der Waals surface area contributed by atoms with Crippen molar-refractivity contribution in [3.63, 3.8) is 0 Å². The van der Waals surface area contributed by atoms with Gasteiger partial charge in [0.1, 0.15) is 5.82 Å². The number of aromatic nitrogens is 4. The molecule has 0 aliphatic rings. The van der Waals surface area contributed by atoms with E-state index in [4.69, 9.17) is 5.73 Å². The van der Waals surface area contributed by atoms with Crippen LogP contribution in [0.25, 0.3) is 5.69 Å². The van der Waals surface area contributed by atoms with Crippen LogP contribution in [0, 0.1) is 6.92 Å². The van der Waals surface area contributed by atoms with Gasteiger partial charge in [0, 0.05) is 12.4 Å². The molecule has 2 aromatic heterocycles. The van der Waals surface area contributed by atoms with Crippen molar-refractivity contribution in [3.05, 3.63) is 30.4 Å². The molecule has 0 fully saturated rings. The SMILES string of the molecule is Cc1nc(N)n(-c2ccncc2)n1. The molecule has 0 aliphatic carbocycles. The van der Waals surface area contributed by atoms with Crippen molar-refractivity contribution in [1.82, 2.24) is 19.7 Å². The molecule has 0 spiro atoms. The lowest BCUT2D eigenvalue weighted by Gasteiger charge is -1.99. The Bertz CT molecular complexity index is 406. The van der Waals surface area contributed by atoms with Crippen LogP contribution in [-0.2, 0) is 0 Å². The predicted octanol–water partition coefficient (Wildman–Crippen LogP) is 0.553. The number of nitrogen functional groups attached to an aromatic ring is 1. The molecule has 5 heteroatoms. The first kappa shape index (κ1) is 7.72. The van der Waals surface area contributed by atoms with E-state index in [1.165, 1.54) is 0 Å². The highest BCUT2D eigenvalue weighted by Crippen LogP contribution is 2.08. The Morgan fingerprint density at radius 1 is 1.31 bits per heavy atom. The van der Waals surface area contributed by atoms with Gasteiger partial charge in [0.2, 0.25) is 5.95 Å². The molecule has 66 valence electrons. The fraction of sp³-hybridized carbons (Fsp3) is 0.125. The quantitative estimate of drug-likeness (QED) is 0.687. The first-order valence-corrected chi connectivity index (χ1v) is 3.87. The predicted molar refractivity (Wildman–Crippen MR) is 48.3 cm³/mol. The van der Waals surface area contributed by atoms with Crippen LogP contribution in [0.2, 0.25) is 0 Å². The van der Waals surface area contributed by atoms with Crippen LogP contribution in [-0.4, -0.2) is 19.7 Å². The summed E-state index contributed by atoms with van der Waals surface area (Å²) in [6.07, 6.45) is 3.37. The zero-order valence-corrected chi connectivity index (χ0v) is 7.18. The maximum absolute atomic E-state index is 5.64. The normalized spacial score (nSPS) is 10.2. The number of hydrogen-bond donors (Lipinski definition) is 1. The first-order valence-electron chi connectivity index (χ1n) is 3.87. The molecule has 2 aromatic rings. The molecule has 0 unspecified atom stereocenters. The van der Waals surface area contributed by atoms with Crippen molar-refractivity contribution in [2.45, 2.75) is 6.92 Å². The monoisotopic (exact) mass is 175 g/mol. The molecule has 0 bridgehead atoms. The van der Waals surface area contributed by atoms with Gasteiger partial charge in [0.05, 0.1) is 5.69 Å². The van der Waals surface area contributed by atoms with Crippen molar-refractivity contribution in [2.24, 2.45) is 0 Å². The van der Waals surface area contributed by atoms with Crippen LogP contribution in [0.5, 0.6) is 0 Å². The van der Waals surface area contributed by atoms with Crippen LogP contribution in [0.4, 0.5) is 5.95 Å². The van der Waals surface area contributed by atoms with Gasteiger partial charge in [-0.05, 0) is 19.1 Å². The van der Waals surface area contributed by atoms with Crippen molar-refractivity contribution < 1.29 is 0 Å². The second-order valence-electron chi connectivity index (χ2n) is 2.63. The molecule has 2 rings (SSSR count). The van der Waals surface area contributed by atoms with E-state index in [0.29, 0.717) is 11.8 Å². The van der Waals surface area contributed by atoms with Crippen LogP contribution in [0.3, 0.4) is 0 Å². The average Bonchev–Trinajstić information content (AvgIpc) is 2.47. The Morgan fingerprint density at radius 2 is 2.00 bits per heavy atom. The smallest absolute Gasteiger partial charge is 0.223 e. The molecule has 2 N–H and O–H groups in total. The van der Waals surface area contributed by atoms with Gasteiger partial charge in [0.15, 0.2) is 0 Å². The summed E-state index contributed by atoms with van der Waals surface area (Å²) >= 11 is 0. The third kappa shape index (κ3) is 1.35. The lowest BCUT2D eigenvalue weighted by Crippen LogP contribution is -2.02. The third-order valence-corrected chi connectivity index (χ3v) is 1.65. The highest BCUT2D eigenvalue weighted by atomic mass is 15.4. The minimum atomic E-state index is 0.392. The van der Waals surface area contributed by atoms with Crippen molar-refractivity contribution in [2.75, 3.05) is 5.73 Å². The van der Waals surface area contributed by atoms with Crippen molar-refractivity contribution in [3.8, 4) is 5.69 Å². The first-order chi connectivity index (χ1) is 6.27. The molecule has 0 saturated carbocycles. The van der Waals surface area contributed by atoms with Gasteiger partial charge >= 0.3 is 0 Å². The van der Waals surface area contributed by atoms with Crippen LogP contribution >= 0.6 is 0 Å². The summed E-state index contributed by atoms with van der Waals surface area (Å²) in [5.74, 6) is 1.05. The van der Waals surface area contributed by atoms with E-state index in [1.807, 2.05) is 12.1 Å². The van der Waals surface area contributed by atoms with Crippen molar-refractivity contribution in [1.29, 1.82) is 0 Å². The number of pyridine rings is 1. The van der Waals surface area contributed by atoms with Gasteiger partial charge in [-0.25, -0.2) is 0 Å². The molecule has 0 radical (unpaired) electrons. The minimum Gasteiger partial charge on any atom is -0.368 e. The summed E-state index contributed by atoms with van der Waals surface area (Å²) < 4.78 is 1.58. The second kappa shape index (κ2) is 2.85. The zero-order valence-electron chi connectivity index (χ0n) is 7.18. The molecule has 13 heavy (non-hydrogen) atoms. The summed E-state index contributed by atoms with van der Waals surface area (Å²) in [6.45, 7) is 1.80. The second-order valence-corrected chi connectivity index (χ2v) is 2.63. The summed E-state index contributed by atoms with van der Waals surface area (Å²) in [5, 5.41) is 4.13. The third-order valence-electron chi connectivity index (χ3n) is 1.65. The topological polar surface area (TPSA) is 69.6 Å². The Kier molecular flexibility index (Phi) is 1.70. The Hall–Kier alpha value is -1.91. The lowest BCUT2D eigenvalue weighted by atomic mass is 10.4. The Balaban J connectivity index is 2.53. The van der Waals surface area contributed by atoms with E-state index < -0.39 is 0 Å². The number of hydrogen-bond acceptors (Lipinski definition) is 4. The molecule has 0 aromatic carbocycles. The molecule has 0 atom stereocenters. The molecule has 0 amide bonds. The summed E-state index contributed by atoms with van der Waals surface area (Å²) in [7, 11) is 0. The lowest BCUT2D eigenvalue weighted by molar-refractivity contribution is 0.869. The zero-order chi connectivity index (χ0) is 9.26. The fourth-order valence-electron chi connectivity index (χ4n) is 1.11. The Labute approximate surface area is 75.2 Å². The maximum atomic E-state index is 5.64. The summed E-state index contributed by atoms with van der Waals surface area (Å²) in [5.41, 5.74) is 6.51. The number of rotatable bonds is 1.